The third-order valence-corrected chi connectivity index (χ3v) is 9.75. The van der Waals surface area contributed by atoms with Crippen LogP contribution in [0.5, 0.6) is 0 Å². The summed E-state index contributed by atoms with van der Waals surface area (Å²) in [6, 6.07) is 34.2. The predicted molar refractivity (Wildman–Crippen MR) is 218 cm³/mol. The quantitative estimate of drug-likeness (QED) is 0.125. The summed E-state index contributed by atoms with van der Waals surface area (Å²) < 4.78 is 0. The van der Waals surface area contributed by atoms with E-state index in [1.165, 1.54) is 82.7 Å². The summed E-state index contributed by atoms with van der Waals surface area (Å²) in [4.78, 5) is 0. The molecule has 0 amide bonds. The Hall–Kier alpha value is -2.80. The van der Waals surface area contributed by atoms with Gasteiger partial charge in [0.1, 0.15) is 0 Å². The van der Waals surface area contributed by atoms with Crippen molar-refractivity contribution in [2.45, 2.75) is 113 Å². The molecule has 0 atom stereocenters. The molecule has 49 heavy (non-hydrogen) atoms. The van der Waals surface area contributed by atoms with Gasteiger partial charge in [0.2, 0.25) is 0 Å². The van der Waals surface area contributed by atoms with E-state index in [-0.39, 0.29) is 37.0 Å². The van der Waals surface area contributed by atoms with Crippen LogP contribution in [0, 0.1) is 27.7 Å². The zero-order chi connectivity index (χ0) is 35.6. The topological polar surface area (TPSA) is 0 Å². The van der Waals surface area contributed by atoms with Crippen LogP contribution in [0.15, 0.2) is 91.0 Å². The van der Waals surface area contributed by atoms with E-state index in [1.54, 1.807) is 0 Å². The van der Waals surface area contributed by atoms with Crippen molar-refractivity contribution in [3.8, 4) is 22.3 Å². The van der Waals surface area contributed by atoms with Crippen LogP contribution in [0.1, 0.15) is 100 Å². The molecule has 0 saturated heterocycles. The maximum absolute atomic E-state index is 2.35. The van der Waals surface area contributed by atoms with Crippen molar-refractivity contribution in [1.82, 2.24) is 0 Å². The summed E-state index contributed by atoms with van der Waals surface area (Å²) in [5.41, 5.74) is 15.6. The summed E-state index contributed by atoms with van der Waals surface area (Å²) in [5.74, 6) is 0.573. The first-order valence-corrected chi connectivity index (χ1v) is 19.6. The molecule has 0 fully saturated rings. The fraction of sp³-hybridized carbons (Fsp3) is 0.362. The zero-order valence-electron chi connectivity index (χ0n) is 32.7. The third-order valence-electron chi connectivity index (χ3n) is 9.75. The molecule has 6 rings (SSSR count). The van der Waals surface area contributed by atoms with E-state index < -0.39 is 0 Å². The summed E-state index contributed by atoms with van der Waals surface area (Å²) >= 11 is 0. The van der Waals surface area contributed by atoms with E-state index in [2.05, 4.69) is 187 Å². The van der Waals surface area contributed by atoms with Gasteiger partial charge in [0.05, 0.1) is 0 Å². The first kappa shape index (κ1) is 40.6. The summed E-state index contributed by atoms with van der Waals surface area (Å²) in [6.07, 6.45) is 0. The second-order valence-corrected chi connectivity index (χ2v) is 17.0. The van der Waals surface area contributed by atoms with Gasteiger partial charge < -0.3 is 0 Å². The van der Waals surface area contributed by atoms with Crippen molar-refractivity contribution < 1.29 is 26.2 Å². The van der Waals surface area contributed by atoms with Crippen LogP contribution < -0.4 is 0 Å². The van der Waals surface area contributed by atoms with Crippen molar-refractivity contribution >= 4 is 31.1 Å². The summed E-state index contributed by atoms with van der Waals surface area (Å²) in [7, 11) is 1.08. The van der Waals surface area contributed by atoms with Gasteiger partial charge in [-0.3, -0.25) is 0 Å². The zero-order valence-corrected chi connectivity index (χ0v) is 36.2. The Labute approximate surface area is 320 Å². The molecular formula is C47H58SiZr. The Balaban J connectivity index is 0.000000241. The molecule has 0 nitrogen and oxygen atoms in total. The van der Waals surface area contributed by atoms with E-state index in [0.717, 1.165) is 9.52 Å². The minimum atomic E-state index is 0. The SMILES string of the molecule is CC(C)c1cc2c(-c3ccc(C(C)(C)C)cc3)cccc2[cH-]1.C[Si]C.Cc1cc2c(-c3ccc(C(C)(C)C)cc3)c(C)c(C)c(C)c2[cH-]1.[Zr+2]. The molecular weight excluding hydrogens is 684 g/mol. The van der Waals surface area contributed by atoms with Crippen LogP contribution in [0.2, 0.25) is 13.1 Å². The van der Waals surface area contributed by atoms with Gasteiger partial charge in [-0.05, 0) is 52.8 Å². The van der Waals surface area contributed by atoms with Crippen LogP contribution >= 0.6 is 0 Å². The van der Waals surface area contributed by atoms with E-state index >= 15 is 0 Å². The van der Waals surface area contributed by atoms with Crippen LogP contribution in [0.4, 0.5) is 0 Å². The molecule has 0 saturated carbocycles. The monoisotopic (exact) mass is 740 g/mol. The fourth-order valence-corrected chi connectivity index (χ4v) is 6.54. The second-order valence-electron chi connectivity index (χ2n) is 16.0. The molecule has 0 heterocycles. The Kier molecular flexibility index (Phi) is 13.7. The molecule has 0 N–H and O–H groups in total. The number of fused-ring (bicyclic) bond motifs is 2. The fourth-order valence-electron chi connectivity index (χ4n) is 6.54. The van der Waals surface area contributed by atoms with Crippen molar-refractivity contribution in [2.75, 3.05) is 0 Å². The molecule has 254 valence electrons. The van der Waals surface area contributed by atoms with Crippen molar-refractivity contribution in [2.24, 2.45) is 0 Å². The molecule has 6 aromatic carbocycles. The van der Waals surface area contributed by atoms with Gasteiger partial charge in [0.25, 0.3) is 0 Å². The smallest absolute Gasteiger partial charge is 0.165 e. The molecule has 2 heteroatoms. The average molecular weight is 742 g/mol. The van der Waals surface area contributed by atoms with Gasteiger partial charge in [0.15, 0.2) is 0 Å². The number of aryl methyl sites for hydroxylation is 2. The van der Waals surface area contributed by atoms with Gasteiger partial charge >= 0.3 is 26.2 Å². The van der Waals surface area contributed by atoms with Crippen molar-refractivity contribution in [1.29, 1.82) is 0 Å². The number of hydrogen-bond acceptors (Lipinski definition) is 0. The predicted octanol–water partition coefficient (Wildman–Crippen LogP) is 14.2. The van der Waals surface area contributed by atoms with E-state index in [0.29, 0.717) is 5.92 Å². The molecule has 0 aliphatic carbocycles. The molecule has 0 aliphatic rings. The standard InChI is InChI=1S/C23H27.C22H25.C2H6Si.Zr/c1-14-12-20-16(3)15(2)17(4)22(21(20)13-14)18-8-10-19(11-9-18)23(5,6)7;1-15(2)18-13-17-7-6-8-20(21(17)14-18)16-9-11-19(12-10-16)22(3,4)5;1-3-2;/h8-13H,1-7H3;6-15H,1-5H3;1-2H3;/q2*-1;;+2. The molecule has 0 unspecified atom stereocenters. The molecule has 0 aromatic heterocycles. The number of hydrogen-bond donors (Lipinski definition) is 0. The van der Waals surface area contributed by atoms with Gasteiger partial charge in [-0.25, -0.2) is 0 Å². The van der Waals surface area contributed by atoms with E-state index in [4.69, 9.17) is 0 Å². The third kappa shape index (κ3) is 9.31. The van der Waals surface area contributed by atoms with Crippen LogP contribution in [-0.2, 0) is 37.0 Å². The van der Waals surface area contributed by atoms with E-state index in [1.807, 2.05) is 0 Å². The normalized spacial score (nSPS) is 11.6. The minimum absolute atomic E-state index is 0. The van der Waals surface area contributed by atoms with Crippen LogP contribution in [0.25, 0.3) is 43.8 Å². The molecule has 0 aliphatic heterocycles. The maximum Gasteiger partial charge on any atom is 2.00 e. The Morgan fingerprint density at radius 3 is 1.59 bits per heavy atom. The Morgan fingerprint density at radius 2 is 1.10 bits per heavy atom. The summed E-state index contributed by atoms with van der Waals surface area (Å²) in [5, 5.41) is 5.52. The van der Waals surface area contributed by atoms with Gasteiger partial charge in [0, 0.05) is 9.52 Å². The van der Waals surface area contributed by atoms with Crippen LogP contribution in [0.3, 0.4) is 0 Å². The molecule has 2 radical (unpaired) electrons. The minimum Gasteiger partial charge on any atom is -0.165 e. The maximum atomic E-state index is 2.35. The summed E-state index contributed by atoms with van der Waals surface area (Å²) in [6.45, 7) is 31.3. The van der Waals surface area contributed by atoms with E-state index in [9.17, 15) is 0 Å². The van der Waals surface area contributed by atoms with Crippen molar-refractivity contribution in [3.05, 3.63) is 130 Å². The van der Waals surface area contributed by atoms with Crippen molar-refractivity contribution in [3.63, 3.8) is 0 Å². The number of benzene rings is 4. The van der Waals surface area contributed by atoms with Crippen LogP contribution in [-0.4, -0.2) is 9.52 Å². The largest absolute Gasteiger partial charge is 2.00 e. The first-order chi connectivity index (χ1) is 22.5. The van der Waals surface area contributed by atoms with Gasteiger partial charge in [-0.1, -0.05) is 159 Å². The molecule has 6 aromatic rings. The average Bonchev–Trinajstić information content (AvgIpc) is 3.64. The second kappa shape index (κ2) is 16.5. The van der Waals surface area contributed by atoms with Gasteiger partial charge in [-0.2, -0.15) is 12.1 Å². The van der Waals surface area contributed by atoms with Gasteiger partial charge in [-0.15, -0.1) is 62.5 Å². The molecule has 0 spiro atoms. The Morgan fingerprint density at radius 1 is 0.592 bits per heavy atom. The Bertz CT molecular complexity index is 1960. The first-order valence-electron chi connectivity index (χ1n) is 17.6. The number of rotatable bonds is 3. The molecule has 0 bridgehead atoms.